The Bertz CT molecular complexity index is 588. The molecule has 1 aromatic carbocycles. The zero-order valence-corrected chi connectivity index (χ0v) is 10.3. The quantitative estimate of drug-likeness (QED) is 0.874. The summed E-state index contributed by atoms with van der Waals surface area (Å²) in [5, 5.41) is 8.86. The van der Waals surface area contributed by atoms with Crippen LogP contribution < -0.4 is 0 Å². The van der Waals surface area contributed by atoms with Crippen LogP contribution >= 0.6 is 0 Å². The fraction of sp³-hybridized carbons (Fsp3) is 0.385. The minimum Gasteiger partial charge on any atom is -0.478 e. The Labute approximate surface area is 104 Å². The molecule has 1 heterocycles. The van der Waals surface area contributed by atoms with Gasteiger partial charge in [0, 0.05) is 12.0 Å². The lowest BCUT2D eigenvalue weighted by atomic mass is 10.0. The highest BCUT2D eigenvalue weighted by Crippen LogP contribution is 2.24. The fourth-order valence-electron chi connectivity index (χ4n) is 2.08. The van der Waals surface area contributed by atoms with Crippen molar-refractivity contribution in [2.75, 3.05) is 0 Å². The van der Waals surface area contributed by atoms with E-state index >= 15 is 0 Å². The largest absolute Gasteiger partial charge is 0.478 e. The van der Waals surface area contributed by atoms with Crippen LogP contribution in [0.5, 0.6) is 0 Å². The minimum atomic E-state index is -1.28. The number of halogens is 1. The van der Waals surface area contributed by atoms with Gasteiger partial charge in [0.15, 0.2) is 0 Å². The number of carboxylic acids is 1. The summed E-state index contributed by atoms with van der Waals surface area (Å²) in [4.78, 5) is 18.3. The zero-order valence-electron chi connectivity index (χ0n) is 10.3. The van der Waals surface area contributed by atoms with E-state index in [9.17, 15) is 9.18 Å². The molecule has 0 saturated carbocycles. The highest BCUT2D eigenvalue weighted by molar-refractivity contribution is 5.92. The minimum absolute atomic E-state index is 0.286. The van der Waals surface area contributed by atoms with Crippen molar-refractivity contribution < 1.29 is 14.3 Å². The van der Waals surface area contributed by atoms with Gasteiger partial charge in [-0.1, -0.05) is 13.8 Å². The molecule has 0 unspecified atom stereocenters. The van der Waals surface area contributed by atoms with Crippen LogP contribution in [0.1, 0.15) is 48.8 Å². The summed E-state index contributed by atoms with van der Waals surface area (Å²) < 4.78 is 13.5. The SMILES string of the molecule is CCC(CC)c1nc2cc(C(=O)O)c(F)cc2[nH]1. The Morgan fingerprint density at radius 3 is 2.67 bits per heavy atom. The first-order valence-corrected chi connectivity index (χ1v) is 5.99. The molecule has 0 amide bonds. The highest BCUT2D eigenvalue weighted by Gasteiger charge is 2.16. The Morgan fingerprint density at radius 2 is 2.11 bits per heavy atom. The Kier molecular flexibility index (Phi) is 3.32. The lowest BCUT2D eigenvalue weighted by Gasteiger charge is -2.07. The number of fused-ring (bicyclic) bond motifs is 1. The van der Waals surface area contributed by atoms with E-state index in [0.29, 0.717) is 11.0 Å². The van der Waals surface area contributed by atoms with Crippen LogP contribution in [0.4, 0.5) is 4.39 Å². The zero-order chi connectivity index (χ0) is 13.3. The summed E-state index contributed by atoms with van der Waals surface area (Å²) in [6.07, 6.45) is 1.87. The normalized spacial score (nSPS) is 11.3. The average molecular weight is 250 g/mol. The number of nitrogens with one attached hydrogen (secondary N) is 1. The van der Waals surface area contributed by atoms with Crippen LogP contribution in [0.15, 0.2) is 12.1 Å². The fourth-order valence-corrected chi connectivity index (χ4v) is 2.08. The van der Waals surface area contributed by atoms with Crippen molar-refractivity contribution in [3.63, 3.8) is 0 Å². The molecule has 0 aliphatic carbocycles. The summed E-state index contributed by atoms with van der Waals surface area (Å²) in [5.41, 5.74) is 0.695. The van der Waals surface area contributed by atoms with Gasteiger partial charge in [0.2, 0.25) is 0 Å². The molecular weight excluding hydrogens is 235 g/mol. The first kappa shape index (κ1) is 12.5. The number of aromatic nitrogens is 2. The van der Waals surface area contributed by atoms with E-state index in [1.807, 2.05) is 0 Å². The van der Waals surface area contributed by atoms with Crippen molar-refractivity contribution in [1.29, 1.82) is 0 Å². The maximum atomic E-state index is 13.5. The molecule has 0 radical (unpaired) electrons. The number of carboxylic acid groups (broad SMARTS) is 1. The molecule has 0 saturated heterocycles. The molecule has 4 nitrogen and oxygen atoms in total. The molecule has 0 fully saturated rings. The number of carbonyl (C=O) groups is 1. The number of aromatic carboxylic acids is 1. The first-order chi connectivity index (χ1) is 8.56. The maximum Gasteiger partial charge on any atom is 0.338 e. The summed E-state index contributed by atoms with van der Waals surface area (Å²) in [5.74, 6) is -0.943. The molecule has 96 valence electrons. The molecule has 5 heteroatoms. The van der Waals surface area contributed by atoms with Gasteiger partial charge in [-0.2, -0.15) is 0 Å². The second kappa shape index (κ2) is 4.76. The van der Waals surface area contributed by atoms with Crippen LogP contribution in [-0.4, -0.2) is 21.0 Å². The van der Waals surface area contributed by atoms with Crippen LogP contribution in [0.2, 0.25) is 0 Å². The van der Waals surface area contributed by atoms with Crippen molar-refractivity contribution in [3.05, 3.63) is 29.3 Å². The van der Waals surface area contributed by atoms with Crippen LogP contribution in [0.25, 0.3) is 11.0 Å². The molecule has 1 aromatic heterocycles. The van der Waals surface area contributed by atoms with Gasteiger partial charge in [0.1, 0.15) is 11.6 Å². The van der Waals surface area contributed by atoms with Gasteiger partial charge in [-0.3, -0.25) is 0 Å². The van der Waals surface area contributed by atoms with Crippen LogP contribution in [0.3, 0.4) is 0 Å². The van der Waals surface area contributed by atoms with Gasteiger partial charge in [-0.15, -0.1) is 0 Å². The first-order valence-electron chi connectivity index (χ1n) is 5.99. The molecule has 0 spiro atoms. The molecule has 2 rings (SSSR count). The van der Waals surface area contributed by atoms with Gasteiger partial charge in [-0.25, -0.2) is 14.2 Å². The topological polar surface area (TPSA) is 66.0 Å². The third kappa shape index (κ3) is 2.08. The summed E-state index contributed by atoms with van der Waals surface area (Å²) in [6, 6.07) is 2.47. The van der Waals surface area contributed by atoms with Gasteiger partial charge in [0.05, 0.1) is 16.6 Å². The lowest BCUT2D eigenvalue weighted by Crippen LogP contribution is -1.99. The monoisotopic (exact) mass is 250 g/mol. The van der Waals surface area contributed by atoms with Crippen LogP contribution in [-0.2, 0) is 0 Å². The van der Waals surface area contributed by atoms with Crippen LogP contribution in [0, 0.1) is 5.82 Å². The smallest absolute Gasteiger partial charge is 0.338 e. The van der Waals surface area contributed by atoms with Gasteiger partial charge in [0.25, 0.3) is 0 Å². The van der Waals surface area contributed by atoms with E-state index < -0.39 is 11.8 Å². The Morgan fingerprint density at radius 1 is 1.44 bits per heavy atom. The molecule has 0 aliphatic rings. The molecular formula is C13H15FN2O2. The highest BCUT2D eigenvalue weighted by atomic mass is 19.1. The summed E-state index contributed by atoms with van der Waals surface area (Å²) >= 11 is 0. The summed E-state index contributed by atoms with van der Waals surface area (Å²) in [7, 11) is 0. The third-order valence-electron chi connectivity index (χ3n) is 3.19. The molecule has 0 atom stereocenters. The molecule has 18 heavy (non-hydrogen) atoms. The summed E-state index contributed by atoms with van der Waals surface area (Å²) in [6.45, 7) is 4.12. The number of H-pyrrole nitrogens is 1. The van der Waals surface area contributed by atoms with Crippen molar-refractivity contribution in [3.8, 4) is 0 Å². The van der Waals surface area contributed by atoms with Crippen molar-refractivity contribution >= 4 is 17.0 Å². The average Bonchev–Trinajstić information content (AvgIpc) is 2.71. The van der Waals surface area contributed by atoms with Gasteiger partial charge < -0.3 is 10.1 Å². The van der Waals surface area contributed by atoms with E-state index in [-0.39, 0.29) is 11.5 Å². The maximum absolute atomic E-state index is 13.5. The Balaban J connectivity index is 2.54. The number of benzene rings is 1. The second-order valence-corrected chi connectivity index (χ2v) is 4.29. The molecule has 2 N–H and O–H groups in total. The predicted molar refractivity (Wildman–Crippen MR) is 66.3 cm³/mol. The lowest BCUT2D eigenvalue weighted by molar-refractivity contribution is 0.0692. The van der Waals surface area contributed by atoms with Crippen molar-refractivity contribution in [2.24, 2.45) is 0 Å². The molecule has 2 aromatic rings. The second-order valence-electron chi connectivity index (χ2n) is 4.29. The van der Waals surface area contributed by atoms with E-state index in [2.05, 4.69) is 23.8 Å². The van der Waals surface area contributed by atoms with Crippen molar-refractivity contribution in [1.82, 2.24) is 9.97 Å². The molecule has 0 bridgehead atoms. The number of hydrogen-bond acceptors (Lipinski definition) is 2. The van der Waals surface area contributed by atoms with Gasteiger partial charge in [-0.05, 0) is 18.9 Å². The van der Waals surface area contributed by atoms with E-state index in [0.717, 1.165) is 18.7 Å². The number of hydrogen-bond donors (Lipinski definition) is 2. The molecule has 0 aliphatic heterocycles. The van der Waals surface area contributed by atoms with E-state index in [1.165, 1.54) is 12.1 Å². The predicted octanol–water partition coefficient (Wildman–Crippen LogP) is 3.30. The number of aromatic amines is 1. The number of rotatable bonds is 4. The number of imidazole rings is 1. The Hall–Kier alpha value is -1.91. The van der Waals surface area contributed by atoms with E-state index in [4.69, 9.17) is 5.11 Å². The number of nitrogens with zero attached hydrogens (tertiary/aromatic N) is 1. The standard InChI is InChI=1S/C13H15FN2O2/c1-3-7(4-2)12-15-10-5-8(13(17)18)9(14)6-11(10)16-12/h5-7H,3-4H2,1-2H3,(H,15,16)(H,17,18). The van der Waals surface area contributed by atoms with E-state index in [1.54, 1.807) is 0 Å². The van der Waals surface area contributed by atoms with Crippen molar-refractivity contribution in [2.45, 2.75) is 32.6 Å². The third-order valence-corrected chi connectivity index (χ3v) is 3.19. The van der Waals surface area contributed by atoms with Gasteiger partial charge >= 0.3 is 5.97 Å².